The van der Waals surface area contributed by atoms with Gasteiger partial charge in [0.05, 0.1) is 23.5 Å². The first-order chi connectivity index (χ1) is 8.85. The van der Waals surface area contributed by atoms with Crippen LogP contribution in [0.4, 0.5) is 4.39 Å². The Morgan fingerprint density at radius 1 is 1.37 bits per heavy atom. The van der Waals surface area contributed by atoms with Gasteiger partial charge in [-0.3, -0.25) is 0 Å². The molecule has 0 aliphatic rings. The number of hydrogen-bond acceptors (Lipinski definition) is 2. The lowest BCUT2D eigenvalue weighted by atomic mass is 10.1. The molecule has 1 aromatic carbocycles. The zero-order valence-electron chi connectivity index (χ0n) is 11.2. The fraction of sp³-hybridized carbons (Fsp3) is 0.357. The molecule has 2 N–H and O–H groups in total. The minimum atomic E-state index is -0.417. The molecule has 0 aliphatic heterocycles. The van der Waals surface area contributed by atoms with Gasteiger partial charge in [0, 0.05) is 11.1 Å². The van der Waals surface area contributed by atoms with Crippen molar-refractivity contribution in [3.05, 3.63) is 41.1 Å². The first-order valence-electron chi connectivity index (χ1n) is 6.09. The van der Waals surface area contributed by atoms with Crippen LogP contribution in [0.1, 0.15) is 26.6 Å². The third-order valence-electron chi connectivity index (χ3n) is 2.65. The van der Waals surface area contributed by atoms with Crippen LogP contribution < -0.4 is 5.32 Å². The van der Waals surface area contributed by atoms with Crippen LogP contribution in [0.25, 0.3) is 11.3 Å². The Kier molecular flexibility index (Phi) is 3.92. The first kappa shape index (κ1) is 14.0. The molecule has 0 saturated carbocycles. The van der Waals surface area contributed by atoms with E-state index in [2.05, 4.69) is 36.1 Å². The number of imidazole rings is 1. The van der Waals surface area contributed by atoms with Gasteiger partial charge in [-0.2, -0.15) is 0 Å². The van der Waals surface area contributed by atoms with Gasteiger partial charge in [-0.25, -0.2) is 9.37 Å². The molecule has 0 bridgehead atoms. The van der Waals surface area contributed by atoms with Gasteiger partial charge in [0.25, 0.3) is 0 Å². The maximum atomic E-state index is 13.1. The summed E-state index contributed by atoms with van der Waals surface area (Å²) in [4.78, 5) is 7.49. The summed E-state index contributed by atoms with van der Waals surface area (Å²) in [6.45, 7) is 6.93. The van der Waals surface area contributed by atoms with Gasteiger partial charge >= 0.3 is 0 Å². The third kappa shape index (κ3) is 3.78. The monoisotopic (exact) mass is 281 g/mol. The molecule has 0 unspecified atom stereocenters. The van der Waals surface area contributed by atoms with Crippen molar-refractivity contribution in [3.63, 3.8) is 0 Å². The molecule has 0 fully saturated rings. The summed E-state index contributed by atoms with van der Waals surface area (Å²) in [6, 6.07) is 4.62. The second-order valence-corrected chi connectivity index (χ2v) is 5.88. The van der Waals surface area contributed by atoms with E-state index in [-0.39, 0.29) is 10.6 Å². The lowest BCUT2D eigenvalue weighted by Gasteiger charge is -2.19. The maximum Gasteiger partial charge on any atom is 0.141 e. The van der Waals surface area contributed by atoms with E-state index in [1.54, 1.807) is 18.3 Å². The third-order valence-corrected chi connectivity index (χ3v) is 2.93. The van der Waals surface area contributed by atoms with Gasteiger partial charge in [0.15, 0.2) is 0 Å². The van der Waals surface area contributed by atoms with Crippen LogP contribution >= 0.6 is 11.6 Å². The summed E-state index contributed by atoms with van der Waals surface area (Å²) in [7, 11) is 0. The summed E-state index contributed by atoms with van der Waals surface area (Å²) in [5, 5.41) is 3.46. The molecule has 0 amide bonds. The number of rotatable bonds is 3. The molecular weight excluding hydrogens is 265 g/mol. The Morgan fingerprint density at radius 2 is 2.11 bits per heavy atom. The molecule has 2 rings (SSSR count). The molecule has 0 aliphatic carbocycles. The summed E-state index contributed by atoms with van der Waals surface area (Å²) in [6.07, 6.45) is 1.73. The van der Waals surface area contributed by atoms with Crippen LogP contribution in [0.3, 0.4) is 0 Å². The number of nitrogens with one attached hydrogen (secondary N) is 2. The highest BCUT2D eigenvalue weighted by atomic mass is 35.5. The van der Waals surface area contributed by atoms with Crippen molar-refractivity contribution in [3.8, 4) is 11.3 Å². The van der Waals surface area contributed by atoms with Crippen LogP contribution in [0, 0.1) is 5.82 Å². The molecule has 5 heteroatoms. The van der Waals surface area contributed by atoms with E-state index < -0.39 is 5.82 Å². The highest BCUT2D eigenvalue weighted by molar-refractivity contribution is 6.31. The number of hydrogen-bond donors (Lipinski definition) is 2. The van der Waals surface area contributed by atoms with Gasteiger partial charge in [-0.15, -0.1) is 0 Å². The fourth-order valence-electron chi connectivity index (χ4n) is 1.61. The van der Waals surface area contributed by atoms with E-state index in [1.807, 2.05) is 0 Å². The van der Waals surface area contributed by atoms with Crippen molar-refractivity contribution in [2.45, 2.75) is 32.9 Å². The van der Waals surface area contributed by atoms with Gasteiger partial charge < -0.3 is 10.3 Å². The summed E-state index contributed by atoms with van der Waals surface area (Å²) in [5.41, 5.74) is 1.68. The second kappa shape index (κ2) is 5.31. The highest BCUT2D eigenvalue weighted by Crippen LogP contribution is 2.23. The van der Waals surface area contributed by atoms with Crippen LogP contribution in [0.2, 0.25) is 5.02 Å². The quantitative estimate of drug-likeness (QED) is 0.899. The predicted molar refractivity (Wildman–Crippen MR) is 75.6 cm³/mol. The van der Waals surface area contributed by atoms with Crippen molar-refractivity contribution >= 4 is 11.6 Å². The smallest absolute Gasteiger partial charge is 0.141 e. The molecule has 1 heterocycles. The van der Waals surface area contributed by atoms with Crippen molar-refractivity contribution in [2.24, 2.45) is 0 Å². The number of H-pyrrole nitrogens is 1. The largest absolute Gasteiger partial charge is 0.341 e. The van der Waals surface area contributed by atoms with E-state index >= 15 is 0 Å². The van der Waals surface area contributed by atoms with Crippen molar-refractivity contribution in [2.75, 3.05) is 0 Å². The Morgan fingerprint density at radius 3 is 2.74 bits per heavy atom. The van der Waals surface area contributed by atoms with E-state index in [0.717, 1.165) is 17.1 Å². The summed E-state index contributed by atoms with van der Waals surface area (Å²) >= 11 is 5.77. The minimum absolute atomic E-state index is 0.0339. The van der Waals surface area contributed by atoms with E-state index in [4.69, 9.17) is 11.6 Å². The molecule has 0 saturated heterocycles. The molecule has 0 atom stereocenters. The Bertz CT molecular complexity index is 572. The summed E-state index contributed by atoms with van der Waals surface area (Å²) < 4.78 is 13.1. The Hall–Kier alpha value is -1.39. The van der Waals surface area contributed by atoms with Gasteiger partial charge in [-0.1, -0.05) is 11.6 Å². The van der Waals surface area contributed by atoms with Gasteiger partial charge in [-0.05, 0) is 39.0 Å². The zero-order chi connectivity index (χ0) is 14.0. The molecule has 0 spiro atoms. The average molecular weight is 282 g/mol. The number of aromatic nitrogens is 2. The van der Waals surface area contributed by atoms with Crippen LogP contribution in [0.15, 0.2) is 24.4 Å². The molecule has 3 nitrogen and oxygen atoms in total. The van der Waals surface area contributed by atoms with E-state index in [9.17, 15) is 4.39 Å². The fourth-order valence-corrected chi connectivity index (χ4v) is 1.79. The van der Waals surface area contributed by atoms with Crippen molar-refractivity contribution in [1.29, 1.82) is 0 Å². The van der Waals surface area contributed by atoms with Crippen LogP contribution in [-0.2, 0) is 6.54 Å². The van der Waals surface area contributed by atoms with Crippen molar-refractivity contribution < 1.29 is 4.39 Å². The molecule has 2 aromatic rings. The molecule has 19 heavy (non-hydrogen) atoms. The van der Waals surface area contributed by atoms with Gasteiger partial charge in [0.2, 0.25) is 0 Å². The van der Waals surface area contributed by atoms with Crippen LogP contribution in [-0.4, -0.2) is 15.5 Å². The van der Waals surface area contributed by atoms with Gasteiger partial charge in [0.1, 0.15) is 11.6 Å². The topological polar surface area (TPSA) is 40.7 Å². The molecular formula is C14H17ClFN3. The second-order valence-electron chi connectivity index (χ2n) is 5.48. The molecule has 1 aromatic heterocycles. The number of aromatic amines is 1. The standard InChI is InChI=1S/C14H17ClFN3/c1-14(2,3)18-8-13-17-7-12(19-13)9-4-5-11(16)10(15)6-9/h4-7,18H,8H2,1-3H3,(H,17,19). The maximum absolute atomic E-state index is 13.1. The summed E-state index contributed by atoms with van der Waals surface area (Å²) in [5.74, 6) is 0.421. The SMILES string of the molecule is CC(C)(C)NCc1ncc(-c2ccc(F)c(Cl)c2)[nH]1. The first-order valence-corrected chi connectivity index (χ1v) is 6.47. The Balaban J connectivity index is 2.14. The predicted octanol–water partition coefficient (Wildman–Crippen LogP) is 3.76. The van der Waals surface area contributed by atoms with Crippen LogP contribution in [0.5, 0.6) is 0 Å². The number of nitrogens with zero attached hydrogens (tertiary/aromatic N) is 1. The normalized spacial score (nSPS) is 11.8. The van der Waals surface area contributed by atoms with E-state index in [0.29, 0.717) is 6.54 Å². The van der Waals surface area contributed by atoms with Crippen molar-refractivity contribution in [1.82, 2.24) is 15.3 Å². The average Bonchev–Trinajstić information content (AvgIpc) is 2.78. The molecule has 0 radical (unpaired) electrons. The lowest BCUT2D eigenvalue weighted by Crippen LogP contribution is -2.35. The lowest BCUT2D eigenvalue weighted by molar-refractivity contribution is 0.418. The Labute approximate surface area is 117 Å². The highest BCUT2D eigenvalue weighted by Gasteiger charge is 2.11. The minimum Gasteiger partial charge on any atom is -0.341 e. The zero-order valence-corrected chi connectivity index (χ0v) is 12.0. The van der Waals surface area contributed by atoms with E-state index in [1.165, 1.54) is 6.07 Å². The number of halogens is 2. The molecule has 102 valence electrons. The number of benzene rings is 1.